The molecule has 0 unspecified atom stereocenters. The van der Waals surface area contributed by atoms with Gasteiger partial charge in [0.05, 0.1) is 17.2 Å². The third-order valence-electron chi connectivity index (χ3n) is 3.65. The Kier molecular flexibility index (Phi) is 6.01. The van der Waals surface area contributed by atoms with Crippen molar-refractivity contribution in [2.75, 3.05) is 5.32 Å². The number of carbonyl (C=O) groups is 1. The second-order valence-corrected chi connectivity index (χ2v) is 7.54. The molecular weight excluding hydrogens is 441 g/mol. The minimum atomic E-state index is -0.131. The molecule has 3 aromatic rings. The summed E-state index contributed by atoms with van der Waals surface area (Å²) in [4.78, 5) is 12.1. The van der Waals surface area contributed by atoms with Crippen LogP contribution in [0.15, 0.2) is 41.3 Å². The zero-order valence-corrected chi connectivity index (χ0v) is 17.0. The van der Waals surface area contributed by atoms with Crippen LogP contribution in [0.2, 0.25) is 10.0 Å². The number of hydrogen-bond acceptors (Lipinski definition) is 3. The fourth-order valence-corrected chi connectivity index (χ4v) is 3.27. The normalized spacial score (nSPS) is 10.9. The smallest absolute Gasteiger partial charge is 0.227 e. The van der Waals surface area contributed by atoms with Gasteiger partial charge in [-0.05, 0) is 46.1 Å². The second kappa shape index (κ2) is 8.24. The van der Waals surface area contributed by atoms with E-state index in [1.165, 1.54) is 0 Å². The summed E-state index contributed by atoms with van der Waals surface area (Å²) in [6.07, 6.45) is 5.76. The highest BCUT2D eigenvalue weighted by atomic mass is 79.9. The van der Waals surface area contributed by atoms with Gasteiger partial charge in [0.2, 0.25) is 5.91 Å². The van der Waals surface area contributed by atoms with Crippen LogP contribution in [0, 0.1) is 6.92 Å². The molecule has 1 amide bonds. The van der Waals surface area contributed by atoms with Crippen molar-refractivity contribution in [3.05, 3.63) is 62.4 Å². The molecule has 0 aliphatic carbocycles. The topological polar surface area (TPSA) is 64.7 Å². The lowest BCUT2D eigenvalue weighted by Crippen LogP contribution is -2.15. The van der Waals surface area contributed by atoms with Gasteiger partial charge in [-0.3, -0.25) is 14.2 Å². The van der Waals surface area contributed by atoms with E-state index in [9.17, 15) is 4.79 Å². The van der Waals surface area contributed by atoms with E-state index in [-0.39, 0.29) is 5.91 Å². The maximum Gasteiger partial charge on any atom is 0.227 e. The van der Waals surface area contributed by atoms with Crippen LogP contribution in [0.3, 0.4) is 0 Å². The van der Waals surface area contributed by atoms with Crippen molar-refractivity contribution < 1.29 is 4.79 Å². The van der Waals surface area contributed by atoms with Crippen LogP contribution in [-0.4, -0.2) is 25.5 Å². The van der Waals surface area contributed by atoms with Crippen LogP contribution in [0.4, 0.5) is 5.82 Å². The molecule has 2 aromatic heterocycles. The van der Waals surface area contributed by atoms with Crippen LogP contribution < -0.4 is 5.32 Å². The molecule has 0 aliphatic rings. The van der Waals surface area contributed by atoms with E-state index in [4.69, 9.17) is 23.2 Å². The molecule has 0 spiro atoms. The summed E-state index contributed by atoms with van der Waals surface area (Å²) < 4.78 is 4.14. The van der Waals surface area contributed by atoms with Crippen LogP contribution >= 0.6 is 39.1 Å². The number of nitrogens with zero attached hydrogens (tertiary/aromatic N) is 4. The van der Waals surface area contributed by atoms with Crippen molar-refractivity contribution in [2.45, 2.75) is 26.4 Å². The van der Waals surface area contributed by atoms with Gasteiger partial charge in [-0.1, -0.05) is 29.3 Å². The standard InChI is InChI=1S/C17H16BrCl2N5O/c1-11-7-21-24(8-11)5-4-16(26)22-17-14(18)10-25(23-17)9-12-2-3-13(19)6-15(12)20/h2-3,6-8,10H,4-5,9H2,1H3,(H,22,23,26). The van der Waals surface area contributed by atoms with Crippen molar-refractivity contribution in [2.24, 2.45) is 0 Å². The monoisotopic (exact) mass is 455 g/mol. The van der Waals surface area contributed by atoms with Gasteiger partial charge < -0.3 is 5.32 Å². The Morgan fingerprint density at radius 2 is 2.08 bits per heavy atom. The van der Waals surface area contributed by atoms with Gasteiger partial charge in [0.25, 0.3) is 0 Å². The quantitative estimate of drug-likeness (QED) is 0.592. The summed E-state index contributed by atoms with van der Waals surface area (Å²) in [5.74, 6) is 0.338. The number of anilines is 1. The predicted octanol–water partition coefficient (Wildman–Crippen LogP) is 4.53. The third kappa shape index (κ3) is 4.87. The Labute approximate surface area is 169 Å². The van der Waals surface area contributed by atoms with E-state index in [1.807, 2.05) is 19.2 Å². The van der Waals surface area contributed by atoms with Crippen molar-refractivity contribution in [3.63, 3.8) is 0 Å². The van der Waals surface area contributed by atoms with Crippen LogP contribution in [-0.2, 0) is 17.9 Å². The molecule has 0 fully saturated rings. The first-order valence-corrected chi connectivity index (χ1v) is 9.41. The van der Waals surface area contributed by atoms with Crippen LogP contribution in [0.1, 0.15) is 17.5 Å². The van der Waals surface area contributed by atoms with Crippen molar-refractivity contribution in [1.82, 2.24) is 19.6 Å². The Hall–Kier alpha value is -1.83. The van der Waals surface area contributed by atoms with Crippen LogP contribution in [0.5, 0.6) is 0 Å². The molecular formula is C17H16BrCl2N5O. The van der Waals surface area contributed by atoms with E-state index in [2.05, 4.69) is 31.4 Å². The summed E-state index contributed by atoms with van der Waals surface area (Å²) in [7, 11) is 0. The molecule has 6 nitrogen and oxygen atoms in total. The average Bonchev–Trinajstić information content (AvgIpc) is 3.14. The fourth-order valence-electron chi connectivity index (χ4n) is 2.39. The summed E-state index contributed by atoms with van der Waals surface area (Å²) in [6, 6.07) is 5.32. The Bertz CT molecular complexity index is 937. The van der Waals surface area contributed by atoms with Gasteiger partial charge in [0.15, 0.2) is 5.82 Å². The molecule has 0 atom stereocenters. The first kappa shape index (κ1) is 18.9. The van der Waals surface area contributed by atoms with Crippen LogP contribution in [0.25, 0.3) is 0 Å². The zero-order valence-electron chi connectivity index (χ0n) is 13.9. The van der Waals surface area contributed by atoms with Crippen molar-refractivity contribution in [3.8, 4) is 0 Å². The minimum Gasteiger partial charge on any atom is -0.308 e. The largest absolute Gasteiger partial charge is 0.308 e. The van der Waals surface area contributed by atoms with E-state index < -0.39 is 0 Å². The predicted molar refractivity (Wildman–Crippen MR) is 106 cm³/mol. The highest BCUT2D eigenvalue weighted by Gasteiger charge is 2.12. The number of aromatic nitrogens is 4. The lowest BCUT2D eigenvalue weighted by Gasteiger charge is -2.05. The van der Waals surface area contributed by atoms with Gasteiger partial charge in [-0.2, -0.15) is 10.2 Å². The number of hydrogen-bond donors (Lipinski definition) is 1. The maximum absolute atomic E-state index is 12.1. The molecule has 0 aliphatic heterocycles. The second-order valence-electron chi connectivity index (χ2n) is 5.84. The molecule has 26 heavy (non-hydrogen) atoms. The van der Waals surface area contributed by atoms with Gasteiger partial charge in [0.1, 0.15) is 0 Å². The minimum absolute atomic E-state index is 0.131. The molecule has 1 aromatic carbocycles. The summed E-state index contributed by atoms with van der Waals surface area (Å²) in [6.45, 7) is 2.94. The van der Waals surface area contributed by atoms with E-state index in [0.717, 1.165) is 11.1 Å². The highest BCUT2D eigenvalue weighted by molar-refractivity contribution is 9.10. The molecule has 3 rings (SSSR count). The molecule has 0 bridgehead atoms. The Morgan fingerprint density at radius 3 is 2.77 bits per heavy atom. The number of nitrogens with one attached hydrogen (secondary N) is 1. The number of carbonyl (C=O) groups excluding carboxylic acids is 1. The first-order chi connectivity index (χ1) is 12.4. The Balaban J connectivity index is 1.61. The lowest BCUT2D eigenvalue weighted by atomic mass is 10.2. The van der Waals surface area contributed by atoms with E-state index in [0.29, 0.717) is 39.8 Å². The fraction of sp³-hybridized carbons (Fsp3) is 0.235. The SMILES string of the molecule is Cc1cnn(CCC(=O)Nc2nn(Cc3ccc(Cl)cc3Cl)cc2Br)c1. The molecule has 1 N–H and O–H groups in total. The number of benzene rings is 1. The van der Waals surface area contributed by atoms with Gasteiger partial charge in [-0.25, -0.2) is 0 Å². The summed E-state index contributed by atoms with van der Waals surface area (Å²) >= 11 is 15.5. The molecule has 9 heteroatoms. The number of halogens is 3. The highest BCUT2D eigenvalue weighted by Crippen LogP contribution is 2.24. The van der Waals surface area contributed by atoms with Gasteiger partial charge >= 0.3 is 0 Å². The number of amides is 1. The molecule has 136 valence electrons. The number of aryl methyl sites for hydroxylation is 2. The van der Waals surface area contributed by atoms with Gasteiger partial charge in [-0.15, -0.1) is 0 Å². The van der Waals surface area contributed by atoms with Crippen molar-refractivity contribution in [1.29, 1.82) is 0 Å². The summed E-state index contributed by atoms with van der Waals surface area (Å²) in [5.41, 5.74) is 1.95. The molecule has 0 radical (unpaired) electrons. The Morgan fingerprint density at radius 1 is 1.27 bits per heavy atom. The molecule has 0 saturated heterocycles. The van der Waals surface area contributed by atoms with E-state index in [1.54, 1.807) is 33.9 Å². The number of rotatable bonds is 6. The third-order valence-corrected chi connectivity index (χ3v) is 4.82. The van der Waals surface area contributed by atoms with Crippen molar-refractivity contribution >= 4 is 50.9 Å². The first-order valence-electron chi connectivity index (χ1n) is 7.86. The molecule has 2 heterocycles. The average molecular weight is 457 g/mol. The maximum atomic E-state index is 12.1. The lowest BCUT2D eigenvalue weighted by molar-refractivity contribution is -0.116. The molecule has 0 saturated carbocycles. The summed E-state index contributed by atoms with van der Waals surface area (Å²) in [5, 5.41) is 12.5. The van der Waals surface area contributed by atoms with Gasteiger partial charge in [0, 0.05) is 35.4 Å². The van der Waals surface area contributed by atoms with E-state index >= 15 is 0 Å². The zero-order chi connectivity index (χ0) is 18.7.